The SMILES string of the molecule is CCCCOc1ccc(C(=O)n2c(C)cc3c(CC(=O)O)cc(OC)cc32)cc1. The van der Waals surface area contributed by atoms with E-state index in [0.29, 0.717) is 29.0 Å². The number of hydrogen-bond donors (Lipinski definition) is 1. The number of methoxy groups -OCH3 is 1. The van der Waals surface area contributed by atoms with E-state index in [2.05, 4.69) is 6.92 Å². The molecule has 0 fully saturated rings. The Kier molecular flexibility index (Phi) is 6.22. The van der Waals surface area contributed by atoms with Gasteiger partial charge in [0.1, 0.15) is 11.5 Å². The van der Waals surface area contributed by atoms with Gasteiger partial charge in [0, 0.05) is 22.7 Å². The van der Waals surface area contributed by atoms with Crippen molar-refractivity contribution in [1.82, 2.24) is 4.57 Å². The summed E-state index contributed by atoms with van der Waals surface area (Å²) in [4.78, 5) is 24.5. The third-order valence-corrected chi connectivity index (χ3v) is 4.81. The Morgan fingerprint density at radius 2 is 1.79 bits per heavy atom. The van der Waals surface area contributed by atoms with Crippen LogP contribution < -0.4 is 9.47 Å². The molecule has 6 nitrogen and oxygen atoms in total. The summed E-state index contributed by atoms with van der Waals surface area (Å²) in [5, 5.41) is 9.96. The summed E-state index contributed by atoms with van der Waals surface area (Å²) in [7, 11) is 1.52. The second kappa shape index (κ2) is 8.82. The lowest BCUT2D eigenvalue weighted by molar-refractivity contribution is -0.136. The van der Waals surface area contributed by atoms with Crippen LogP contribution in [0, 0.1) is 6.92 Å². The third-order valence-electron chi connectivity index (χ3n) is 4.81. The largest absolute Gasteiger partial charge is 0.497 e. The Labute approximate surface area is 169 Å². The highest BCUT2D eigenvalue weighted by atomic mass is 16.5. The van der Waals surface area contributed by atoms with Crippen molar-refractivity contribution >= 4 is 22.8 Å². The topological polar surface area (TPSA) is 77.8 Å². The van der Waals surface area contributed by atoms with Gasteiger partial charge in [-0.15, -0.1) is 0 Å². The molecule has 3 aromatic rings. The van der Waals surface area contributed by atoms with Gasteiger partial charge in [0.05, 0.1) is 25.7 Å². The maximum atomic E-state index is 13.2. The van der Waals surface area contributed by atoms with Crippen LogP contribution in [0.25, 0.3) is 10.9 Å². The number of hydrogen-bond acceptors (Lipinski definition) is 4. The molecular weight excluding hydrogens is 370 g/mol. The van der Waals surface area contributed by atoms with Gasteiger partial charge in [0.15, 0.2) is 0 Å². The van der Waals surface area contributed by atoms with E-state index < -0.39 is 5.97 Å². The Balaban J connectivity index is 1.99. The monoisotopic (exact) mass is 395 g/mol. The van der Waals surface area contributed by atoms with Crippen LogP contribution in [0.5, 0.6) is 11.5 Å². The van der Waals surface area contributed by atoms with Crippen molar-refractivity contribution in [2.45, 2.75) is 33.1 Å². The van der Waals surface area contributed by atoms with Crippen molar-refractivity contribution in [2.24, 2.45) is 0 Å². The van der Waals surface area contributed by atoms with Gasteiger partial charge in [-0.1, -0.05) is 13.3 Å². The zero-order chi connectivity index (χ0) is 21.0. The highest BCUT2D eigenvalue weighted by Gasteiger charge is 2.19. The van der Waals surface area contributed by atoms with Crippen molar-refractivity contribution in [3.8, 4) is 11.5 Å². The summed E-state index contributed by atoms with van der Waals surface area (Å²) >= 11 is 0. The fraction of sp³-hybridized carbons (Fsp3) is 0.304. The molecule has 152 valence electrons. The van der Waals surface area contributed by atoms with Gasteiger partial charge >= 0.3 is 5.97 Å². The quantitative estimate of drug-likeness (QED) is 0.570. The number of carbonyl (C=O) groups is 2. The second-order valence-corrected chi connectivity index (χ2v) is 6.94. The molecule has 0 aliphatic heterocycles. The smallest absolute Gasteiger partial charge is 0.307 e. The molecular formula is C23H25NO5. The average Bonchev–Trinajstić information content (AvgIpc) is 3.03. The normalized spacial score (nSPS) is 10.9. The predicted molar refractivity (Wildman–Crippen MR) is 111 cm³/mol. The van der Waals surface area contributed by atoms with Crippen LogP contribution >= 0.6 is 0 Å². The second-order valence-electron chi connectivity index (χ2n) is 6.94. The Hall–Kier alpha value is -3.28. The molecule has 0 saturated heterocycles. The summed E-state index contributed by atoms with van der Waals surface area (Å²) in [6, 6.07) is 12.4. The van der Waals surface area contributed by atoms with Gasteiger partial charge in [-0.05, 0) is 55.3 Å². The molecule has 1 heterocycles. The maximum absolute atomic E-state index is 13.2. The van der Waals surface area contributed by atoms with E-state index in [4.69, 9.17) is 9.47 Å². The first kappa shape index (κ1) is 20.5. The fourth-order valence-corrected chi connectivity index (χ4v) is 3.34. The first-order valence-corrected chi connectivity index (χ1v) is 9.63. The Morgan fingerprint density at radius 1 is 1.07 bits per heavy atom. The molecule has 0 aliphatic rings. The number of ether oxygens (including phenoxy) is 2. The molecule has 2 aromatic carbocycles. The molecule has 0 spiro atoms. The molecule has 1 N–H and O–H groups in total. The highest BCUT2D eigenvalue weighted by molar-refractivity contribution is 6.04. The van der Waals surface area contributed by atoms with Crippen LogP contribution in [-0.2, 0) is 11.2 Å². The number of aryl methyl sites for hydroxylation is 1. The van der Waals surface area contributed by atoms with Crippen molar-refractivity contribution in [3.05, 3.63) is 59.3 Å². The van der Waals surface area contributed by atoms with E-state index >= 15 is 0 Å². The number of fused-ring (bicyclic) bond motifs is 1. The summed E-state index contributed by atoms with van der Waals surface area (Å²) < 4.78 is 12.6. The van der Waals surface area contributed by atoms with Crippen LogP contribution in [0.3, 0.4) is 0 Å². The predicted octanol–water partition coefficient (Wildman–Crippen LogP) is 4.45. The third kappa shape index (κ3) is 4.42. The van der Waals surface area contributed by atoms with Crippen LogP contribution in [0.4, 0.5) is 0 Å². The van der Waals surface area contributed by atoms with Crippen molar-refractivity contribution in [2.75, 3.05) is 13.7 Å². The molecule has 0 bridgehead atoms. The number of nitrogens with zero attached hydrogens (tertiary/aromatic N) is 1. The molecule has 0 aliphatic carbocycles. The summed E-state index contributed by atoms with van der Waals surface area (Å²) in [6.45, 7) is 4.58. The minimum Gasteiger partial charge on any atom is -0.497 e. The minimum absolute atomic E-state index is 0.144. The summed E-state index contributed by atoms with van der Waals surface area (Å²) in [5.74, 6) is 0.122. The number of carbonyl (C=O) groups excluding carboxylic acids is 1. The van der Waals surface area contributed by atoms with E-state index in [9.17, 15) is 14.7 Å². The molecule has 1 aromatic heterocycles. The molecule has 6 heteroatoms. The lowest BCUT2D eigenvalue weighted by Crippen LogP contribution is -2.13. The summed E-state index contributed by atoms with van der Waals surface area (Å²) in [6.07, 6.45) is 1.90. The molecule has 0 amide bonds. The number of unbranched alkanes of at least 4 members (excludes halogenated alkanes) is 1. The van der Waals surface area contributed by atoms with Crippen LogP contribution in [-0.4, -0.2) is 35.3 Å². The van der Waals surface area contributed by atoms with Gasteiger partial charge in [0.2, 0.25) is 0 Å². The lowest BCUT2D eigenvalue weighted by atomic mass is 10.1. The molecule has 0 saturated carbocycles. The van der Waals surface area contributed by atoms with Crippen molar-refractivity contribution < 1.29 is 24.2 Å². The zero-order valence-corrected chi connectivity index (χ0v) is 16.9. The van der Waals surface area contributed by atoms with Gasteiger partial charge in [-0.25, -0.2) is 0 Å². The van der Waals surface area contributed by atoms with Crippen LogP contribution in [0.2, 0.25) is 0 Å². The highest BCUT2D eigenvalue weighted by Crippen LogP contribution is 2.30. The van der Waals surface area contributed by atoms with Crippen molar-refractivity contribution in [1.29, 1.82) is 0 Å². The standard InChI is InChI=1S/C23H25NO5/c1-4-5-10-29-18-8-6-16(7-9-18)23(27)24-15(2)11-20-17(13-22(25)26)12-19(28-3)14-21(20)24/h6-9,11-12,14H,4-5,10,13H2,1-3H3,(H,25,26). The number of aromatic nitrogens is 1. The molecule has 29 heavy (non-hydrogen) atoms. The minimum atomic E-state index is -0.935. The molecule has 0 radical (unpaired) electrons. The molecule has 3 rings (SSSR count). The van der Waals surface area contributed by atoms with Crippen molar-refractivity contribution in [3.63, 3.8) is 0 Å². The maximum Gasteiger partial charge on any atom is 0.307 e. The van der Waals surface area contributed by atoms with E-state index in [-0.39, 0.29) is 12.3 Å². The van der Waals surface area contributed by atoms with E-state index in [0.717, 1.165) is 29.7 Å². The van der Waals surface area contributed by atoms with E-state index in [1.54, 1.807) is 41.0 Å². The Morgan fingerprint density at radius 3 is 2.41 bits per heavy atom. The van der Waals surface area contributed by atoms with Crippen LogP contribution in [0.1, 0.15) is 41.4 Å². The van der Waals surface area contributed by atoms with Gasteiger partial charge in [0.25, 0.3) is 5.91 Å². The van der Waals surface area contributed by atoms with E-state index in [1.165, 1.54) is 7.11 Å². The average molecular weight is 395 g/mol. The van der Waals surface area contributed by atoms with E-state index in [1.807, 2.05) is 13.0 Å². The molecule has 0 atom stereocenters. The number of carboxylic acids is 1. The van der Waals surface area contributed by atoms with Gasteiger partial charge in [-0.2, -0.15) is 0 Å². The first-order chi connectivity index (χ1) is 13.9. The first-order valence-electron chi connectivity index (χ1n) is 9.63. The van der Waals surface area contributed by atoms with Gasteiger partial charge in [-0.3, -0.25) is 14.2 Å². The lowest BCUT2D eigenvalue weighted by Gasteiger charge is -2.11. The fourth-order valence-electron chi connectivity index (χ4n) is 3.34. The zero-order valence-electron chi connectivity index (χ0n) is 16.9. The molecule has 0 unspecified atom stereocenters. The number of aliphatic carboxylic acids is 1. The van der Waals surface area contributed by atoms with Gasteiger partial charge < -0.3 is 14.6 Å². The number of benzene rings is 2. The van der Waals surface area contributed by atoms with Crippen LogP contribution in [0.15, 0.2) is 42.5 Å². The number of rotatable bonds is 8. The Bertz CT molecular complexity index is 1030. The number of carboxylic acid groups (broad SMARTS) is 1. The summed E-state index contributed by atoms with van der Waals surface area (Å²) in [5.41, 5.74) is 2.50.